The van der Waals surface area contributed by atoms with Crippen molar-refractivity contribution in [1.82, 2.24) is 5.32 Å². The van der Waals surface area contributed by atoms with Gasteiger partial charge in [-0.3, -0.25) is 4.79 Å². The molecule has 0 aliphatic rings. The Kier molecular flexibility index (Phi) is 6.58. The van der Waals surface area contributed by atoms with Crippen LogP contribution >= 0.6 is 23.4 Å². The topological polar surface area (TPSA) is 29.1 Å². The highest BCUT2D eigenvalue weighted by Crippen LogP contribution is 2.22. The molecule has 100 valence electrons. The monoisotopic (exact) mass is 285 g/mol. The van der Waals surface area contributed by atoms with E-state index in [1.807, 2.05) is 18.4 Å². The summed E-state index contributed by atoms with van der Waals surface area (Å²) >= 11 is 7.64. The van der Waals surface area contributed by atoms with E-state index >= 15 is 0 Å². The third kappa shape index (κ3) is 4.91. The number of halogens is 1. The van der Waals surface area contributed by atoms with Gasteiger partial charge in [0.15, 0.2) is 0 Å². The number of carbonyl (C=O) groups is 1. The fourth-order valence-electron chi connectivity index (χ4n) is 1.61. The molecule has 0 heterocycles. The molecule has 0 aliphatic heterocycles. The van der Waals surface area contributed by atoms with Crippen LogP contribution in [-0.2, 0) is 0 Å². The smallest absolute Gasteiger partial charge is 0.252 e. The Balaban J connectivity index is 2.55. The predicted octanol–water partition coefficient (Wildman–Crippen LogP) is 4.23. The number of hydrogen-bond donors (Lipinski definition) is 1. The third-order valence-electron chi connectivity index (χ3n) is 2.66. The van der Waals surface area contributed by atoms with E-state index in [9.17, 15) is 4.79 Å². The van der Waals surface area contributed by atoms with Gasteiger partial charge in [0.2, 0.25) is 0 Å². The molecule has 0 aromatic heterocycles. The molecule has 2 nitrogen and oxygen atoms in total. The molecule has 0 unspecified atom stereocenters. The second-order valence-electron chi connectivity index (χ2n) is 4.64. The minimum absolute atomic E-state index is 0.0837. The summed E-state index contributed by atoms with van der Waals surface area (Å²) in [6, 6.07) is 5.53. The van der Waals surface area contributed by atoms with Crippen molar-refractivity contribution in [3.8, 4) is 0 Å². The van der Waals surface area contributed by atoms with Gasteiger partial charge in [0.05, 0.1) is 10.6 Å². The van der Waals surface area contributed by atoms with E-state index in [1.165, 1.54) is 0 Å². The first kappa shape index (κ1) is 15.4. The Morgan fingerprint density at radius 1 is 1.44 bits per heavy atom. The molecule has 0 aliphatic carbocycles. The minimum Gasteiger partial charge on any atom is -0.352 e. The zero-order valence-corrected chi connectivity index (χ0v) is 12.7. The van der Waals surface area contributed by atoms with Crippen molar-refractivity contribution >= 4 is 29.3 Å². The van der Waals surface area contributed by atoms with Crippen LogP contribution in [0.25, 0.3) is 0 Å². The van der Waals surface area contributed by atoms with E-state index in [2.05, 4.69) is 19.2 Å². The van der Waals surface area contributed by atoms with Crippen molar-refractivity contribution < 1.29 is 4.79 Å². The van der Waals surface area contributed by atoms with Crippen LogP contribution in [0.4, 0.5) is 0 Å². The molecular formula is C14H20ClNOS. The lowest BCUT2D eigenvalue weighted by Crippen LogP contribution is -2.25. The number of thioether (sulfide) groups is 1. The Bertz CT molecular complexity index is 407. The number of hydrogen-bond acceptors (Lipinski definition) is 2. The second-order valence-corrected chi connectivity index (χ2v) is 5.92. The van der Waals surface area contributed by atoms with Crippen molar-refractivity contribution in [1.29, 1.82) is 0 Å². The number of amides is 1. The van der Waals surface area contributed by atoms with Crippen LogP contribution in [-0.4, -0.2) is 18.7 Å². The van der Waals surface area contributed by atoms with Crippen molar-refractivity contribution in [3.63, 3.8) is 0 Å². The Morgan fingerprint density at radius 3 is 2.78 bits per heavy atom. The normalized spacial score (nSPS) is 10.7. The van der Waals surface area contributed by atoms with Crippen molar-refractivity contribution in [2.75, 3.05) is 12.8 Å². The Labute approximate surface area is 118 Å². The SMILES string of the molecule is CSc1ccc(Cl)c(C(=O)NCCCC(C)C)c1. The van der Waals surface area contributed by atoms with Gasteiger partial charge in [0, 0.05) is 11.4 Å². The summed E-state index contributed by atoms with van der Waals surface area (Å²) in [5.74, 6) is 0.588. The zero-order valence-electron chi connectivity index (χ0n) is 11.1. The predicted molar refractivity (Wildman–Crippen MR) is 79.6 cm³/mol. The first-order valence-electron chi connectivity index (χ1n) is 6.16. The van der Waals surface area contributed by atoms with E-state index in [4.69, 9.17) is 11.6 Å². The molecule has 1 aromatic rings. The highest BCUT2D eigenvalue weighted by Gasteiger charge is 2.10. The number of carbonyl (C=O) groups excluding carboxylic acids is 1. The summed E-state index contributed by atoms with van der Waals surface area (Å²) in [6.45, 7) is 5.07. The van der Waals surface area contributed by atoms with Gasteiger partial charge >= 0.3 is 0 Å². The van der Waals surface area contributed by atoms with Gasteiger partial charge < -0.3 is 5.32 Å². The van der Waals surface area contributed by atoms with E-state index < -0.39 is 0 Å². The van der Waals surface area contributed by atoms with Crippen LogP contribution in [0.1, 0.15) is 37.0 Å². The molecule has 0 fully saturated rings. The van der Waals surface area contributed by atoms with Gasteiger partial charge in [0.1, 0.15) is 0 Å². The van der Waals surface area contributed by atoms with Crippen LogP contribution in [0, 0.1) is 5.92 Å². The average Bonchev–Trinajstić information content (AvgIpc) is 2.34. The largest absolute Gasteiger partial charge is 0.352 e. The molecule has 0 spiro atoms. The molecular weight excluding hydrogens is 266 g/mol. The lowest BCUT2D eigenvalue weighted by atomic mass is 10.1. The molecule has 4 heteroatoms. The number of benzene rings is 1. The summed E-state index contributed by atoms with van der Waals surface area (Å²) in [7, 11) is 0. The molecule has 0 atom stereocenters. The highest BCUT2D eigenvalue weighted by molar-refractivity contribution is 7.98. The molecule has 0 saturated carbocycles. The fourth-order valence-corrected chi connectivity index (χ4v) is 2.26. The van der Waals surface area contributed by atoms with Crippen molar-refractivity contribution in [2.24, 2.45) is 5.92 Å². The molecule has 1 N–H and O–H groups in total. The van der Waals surface area contributed by atoms with Crippen molar-refractivity contribution in [3.05, 3.63) is 28.8 Å². The summed E-state index contributed by atoms with van der Waals surface area (Å²) in [6.07, 6.45) is 4.11. The van der Waals surface area contributed by atoms with E-state index in [1.54, 1.807) is 17.8 Å². The van der Waals surface area contributed by atoms with Gasteiger partial charge in [-0.05, 0) is 43.2 Å². The lowest BCUT2D eigenvalue weighted by molar-refractivity contribution is 0.0952. The molecule has 1 amide bonds. The van der Waals surface area contributed by atoms with Gasteiger partial charge in [-0.2, -0.15) is 0 Å². The van der Waals surface area contributed by atoms with Gasteiger partial charge in [-0.1, -0.05) is 25.4 Å². The molecule has 0 bridgehead atoms. The number of nitrogens with one attached hydrogen (secondary N) is 1. The Morgan fingerprint density at radius 2 is 2.17 bits per heavy atom. The van der Waals surface area contributed by atoms with Crippen LogP contribution < -0.4 is 5.32 Å². The fraction of sp³-hybridized carbons (Fsp3) is 0.500. The number of rotatable bonds is 6. The molecule has 18 heavy (non-hydrogen) atoms. The lowest BCUT2D eigenvalue weighted by Gasteiger charge is -2.09. The van der Waals surface area contributed by atoms with Crippen molar-refractivity contribution in [2.45, 2.75) is 31.6 Å². The highest BCUT2D eigenvalue weighted by atomic mass is 35.5. The first-order chi connectivity index (χ1) is 8.54. The molecule has 1 aromatic carbocycles. The van der Waals surface area contributed by atoms with E-state index in [-0.39, 0.29) is 5.91 Å². The van der Waals surface area contributed by atoms with Crippen LogP contribution in [0.15, 0.2) is 23.1 Å². The van der Waals surface area contributed by atoms with Crippen LogP contribution in [0.2, 0.25) is 5.02 Å². The quantitative estimate of drug-likeness (QED) is 0.626. The summed E-state index contributed by atoms with van der Waals surface area (Å²) in [5, 5.41) is 3.42. The van der Waals surface area contributed by atoms with Crippen LogP contribution in [0.5, 0.6) is 0 Å². The summed E-state index contributed by atoms with van der Waals surface area (Å²) in [5.41, 5.74) is 0.563. The summed E-state index contributed by atoms with van der Waals surface area (Å²) < 4.78 is 0. The van der Waals surface area contributed by atoms with E-state index in [0.717, 1.165) is 17.7 Å². The molecule has 0 saturated heterocycles. The van der Waals surface area contributed by atoms with Gasteiger partial charge in [-0.25, -0.2) is 0 Å². The molecule has 1 rings (SSSR count). The van der Waals surface area contributed by atoms with E-state index in [0.29, 0.717) is 23.0 Å². The minimum atomic E-state index is -0.0837. The maximum absolute atomic E-state index is 12.0. The van der Waals surface area contributed by atoms with Gasteiger partial charge in [-0.15, -0.1) is 11.8 Å². The second kappa shape index (κ2) is 7.70. The Hall–Kier alpha value is -0.670. The van der Waals surface area contributed by atoms with Crippen LogP contribution in [0.3, 0.4) is 0 Å². The standard InChI is InChI=1S/C14H20ClNOS/c1-10(2)5-4-8-16-14(17)12-9-11(18-3)6-7-13(12)15/h6-7,9-10H,4-5,8H2,1-3H3,(H,16,17). The molecule has 0 radical (unpaired) electrons. The zero-order chi connectivity index (χ0) is 13.5. The first-order valence-corrected chi connectivity index (χ1v) is 7.76. The maximum Gasteiger partial charge on any atom is 0.252 e. The average molecular weight is 286 g/mol. The third-order valence-corrected chi connectivity index (χ3v) is 3.72. The maximum atomic E-state index is 12.0. The summed E-state index contributed by atoms with van der Waals surface area (Å²) in [4.78, 5) is 13.0. The van der Waals surface area contributed by atoms with Gasteiger partial charge in [0.25, 0.3) is 5.91 Å².